The summed E-state index contributed by atoms with van der Waals surface area (Å²) < 4.78 is 47.6. The minimum Gasteiger partial charge on any atom is -0.249 e. The van der Waals surface area contributed by atoms with E-state index >= 15 is 0 Å². The molecule has 5 heteroatoms. The highest BCUT2D eigenvalue weighted by molar-refractivity contribution is 7.89. The first-order valence-corrected chi connectivity index (χ1v) is 4.81. The van der Waals surface area contributed by atoms with Gasteiger partial charge in [-0.3, -0.25) is 0 Å². The Bertz CT molecular complexity index is 356. The first-order valence-electron chi connectivity index (χ1n) is 3.66. The van der Waals surface area contributed by atoms with Crippen molar-refractivity contribution in [2.24, 2.45) is 0 Å². The molecule has 76 valence electrons. The van der Waals surface area contributed by atoms with Crippen LogP contribution in [0.3, 0.4) is 0 Å². The SMILES string of the molecule is C=C(S(=O)c1ccccc1)C(F)(F)F. The Morgan fingerprint density at radius 2 is 1.71 bits per heavy atom. The van der Waals surface area contributed by atoms with E-state index in [1.165, 1.54) is 24.3 Å². The van der Waals surface area contributed by atoms with Crippen molar-refractivity contribution in [2.75, 3.05) is 0 Å². The van der Waals surface area contributed by atoms with Crippen molar-refractivity contribution in [2.45, 2.75) is 11.1 Å². The first kappa shape index (κ1) is 11.0. The van der Waals surface area contributed by atoms with E-state index in [0.29, 0.717) is 0 Å². The van der Waals surface area contributed by atoms with Gasteiger partial charge in [0, 0.05) is 4.90 Å². The van der Waals surface area contributed by atoms with Crippen LogP contribution >= 0.6 is 0 Å². The van der Waals surface area contributed by atoms with E-state index in [2.05, 4.69) is 6.58 Å². The predicted octanol–water partition coefficient (Wildman–Crippen LogP) is 2.87. The second-order valence-corrected chi connectivity index (χ2v) is 4.00. The van der Waals surface area contributed by atoms with Crippen molar-refractivity contribution in [1.82, 2.24) is 0 Å². The fourth-order valence-corrected chi connectivity index (χ4v) is 1.69. The lowest BCUT2D eigenvalue weighted by molar-refractivity contribution is -0.0837. The summed E-state index contributed by atoms with van der Waals surface area (Å²) in [5.74, 6) is 0. The maximum absolute atomic E-state index is 12.1. The standard InChI is InChI=1S/C9H7F3OS/c1-7(9(10,11)12)14(13)8-5-3-2-4-6-8/h2-6H,1H2. The molecule has 0 aliphatic rings. The molecule has 0 aliphatic carbocycles. The maximum Gasteiger partial charge on any atom is 0.424 e. The first-order chi connectivity index (χ1) is 6.43. The summed E-state index contributed by atoms with van der Waals surface area (Å²) in [6, 6.07) is 7.42. The molecule has 0 bridgehead atoms. The van der Waals surface area contributed by atoms with E-state index in [1.54, 1.807) is 6.07 Å². The largest absolute Gasteiger partial charge is 0.424 e. The Balaban J connectivity index is 2.93. The molecule has 14 heavy (non-hydrogen) atoms. The van der Waals surface area contributed by atoms with E-state index in [9.17, 15) is 17.4 Å². The molecule has 0 aromatic heterocycles. The minimum atomic E-state index is -4.61. The summed E-state index contributed by atoms with van der Waals surface area (Å²) in [6.45, 7) is 2.78. The number of allylic oxidation sites excluding steroid dienone is 1. The molecule has 0 aliphatic heterocycles. The Kier molecular flexibility index (Phi) is 3.10. The van der Waals surface area contributed by atoms with Gasteiger partial charge in [0.1, 0.15) is 4.91 Å². The second-order valence-electron chi connectivity index (χ2n) is 2.50. The average molecular weight is 220 g/mol. The van der Waals surface area contributed by atoms with Gasteiger partial charge in [-0.25, -0.2) is 4.21 Å². The molecular formula is C9H7F3OS. The molecular weight excluding hydrogens is 213 g/mol. The summed E-state index contributed by atoms with van der Waals surface area (Å²) in [7, 11) is -2.22. The van der Waals surface area contributed by atoms with Crippen LogP contribution in [-0.4, -0.2) is 10.4 Å². The smallest absolute Gasteiger partial charge is 0.249 e. The molecule has 1 nitrogen and oxygen atoms in total. The highest BCUT2D eigenvalue weighted by Crippen LogP contribution is 2.29. The molecule has 0 fully saturated rings. The fraction of sp³-hybridized carbons (Fsp3) is 0.111. The predicted molar refractivity (Wildman–Crippen MR) is 48.0 cm³/mol. The average Bonchev–Trinajstić information content (AvgIpc) is 2.15. The van der Waals surface area contributed by atoms with Crippen LogP contribution in [0, 0.1) is 0 Å². The number of hydrogen-bond donors (Lipinski definition) is 0. The summed E-state index contributed by atoms with van der Waals surface area (Å²) in [5.41, 5.74) is 0. The Labute approximate surface area is 81.7 Å². The zero-order valence-electron chi connectivity index (χ0n) is 7.04. The van der Waals surface area contributed by atoms with Crippen molar-refractivity contribution in [3.05, 3.63) is 41.8 Å². The number of benzene rings is 1. The van der Waals surface area contributed by atoms with Gasteiger partial charge in [-0.2, -0.15) is 13.2 Å². The van der Waals surface area contributed by atoms with Crippen molar-refractivity contribution < 1.29 is 17.4 Å². The molecule has 1 unspecified atom stereocenters. The van der Waals surface area contributed by atoms with Crippen LogP contribution in [0.25, 0.3) is 0 Å². The quantitative estimate of drug-likeness (QED) is 0.749. The molecule has 0 saturated heterocycles. The molecule has 0 spiro atoms. The molecule has 0 N–H and O–H groups in total. The van der Waals surface area contributed by atoms with Crippen LogP contribution in [0.4, 0.5) is 13.2 Å². The van der Waals surface area contributed by atoms with Crippen molar-refractivity contribution >= 4 is 10.8 Å². The molecule has 0 saturated carbocycles. The summed E-state index contributed by atoms with van der Waals surface area (Å²) in [6.07, 6.45) is -4.61. The molecule has 1 rings (SSSR count). The van der Waals surface area contributed by atoms with Crippen LogP contribution in [0.5, 0.6) is 0 Å². The second kappa shape index (κ2) is 3.96. The van der Waals surface area contributed by atoms with Gasteiger partial charge in [-0.1, -0.05) is 24.8 Å². The van der Waals surface area contributed by atoms with Gasteiger partial charge in [-0.15, -0.1) is 0 Å². The number of rotatable bonds is 2. The number of hydrogen-bond acceptors (Lipinski definition) is 1. The van der Waals surface area contributed by atoms with Crippen molar-refractivity contribution in [3.8, 4) is 0 Å². The van der Waals surface area contributed by atoms with Gasteiger partial charge in [0.05, 0.1) is 10.8 Å². The lowest BCUT2D eigenvalue weighted by Crippen LogP contribution is -2.15. The molecule has 0 heterocycles. The highest BCUT2D eigenvalue weighted by Gasteiger charge is 2.36. The van der Waals surface area contributed by atoms with Gasteiger partial charge < -0.3 is 0 Å². The van der Waals surface area contributed by atoms with Crippen LogP contribution in [0.1, 0.15) is 0 Å². The Morgan fingerprint density at radius 1 is 1.21 bits per heavy atom. The third kappa shape index (κ3) is 2.45. The Hall–Kier alpha value is -1.10. The zero-order chi connectivity index (χ0) is 10.8. The fourth-order valence-electron chi connectivity index (χ4n) is 0.791. The van der Waals surface area contributed by atoms with Crippen LogP contribution < -0.4 is 0 Å². The zero-order valence-corrected chi connectivity index (χ0v) is 7.86. The van der Waals surface area contributed by atoms with Gasteiger partial charge in [0.25, 0.3) is 0 Å². The Morgan fingerprint density at radius 3 is 2.14 bits per heavy atom. The highest BCUT2D eigenvalue weighted by atomic mass is 32.2. The summed E-state index contributed by atoms with van der Waals surface area (Å²) >= 11 is 0. The molecule has 1 atom stereocenters. The number of halogens is 3. The summed E-state index contributed by atoms with van der Waals surface area (Å²) in [5, 5.41) is 0. The van der Waals surface area contributed by atoms with Gasteiger partial charge in [0.2, 0.25) is 0 Å². The topological polar surface area (TPSA) is 17.1 Å². The molecule has 0 radical (unpaired) electrons. The number of alkyl halides is 3. The van der Waals surface area contributed by atoms with Crippen LogP contribution in [0.2, 0.25) is 0 Å². The van der Waals surface area contributed by atoms with Gasteiger partial charge in [-0.05, 0) is 12.1 Å². The normalized spacial score (nSPS) is 13.6. The van der Waals surface area contributed by atoms with Crippen molar-refractivity contribution in [1.29, 1.82) is 0 Å². The van der Waals surface area contributed by atoms with E-state index < -0.39 is 21.9 Å². The van der Waals surface area contributed by atoms with E-state index in [1.807, 2.05) is 0 Å². The summed E-state index contributed by atoms with van der Waals surface area (Å²) in [4.78, 5) is -1.13. The molecule has 1 aromatic carbocycles. The van der Waals surface area contributed by atoms with Gasteiger partial charge in [0.15, 0.2) is 0 Å². The van der Waals surface area contributed by atoms with Crippen molar-refractivity contribution in [3.63, 3.8) is 0 Å². The molecule has 1 aromatic rings. The van der Waals surface area contributed by atoms with E-state index in [4.69, 9.17) is 0 Å². The van der Waals surface area contributed by atoms with E-state index in [0.717, 1.165) is 0 Å². The lowest BCUT2D eigenvalue weighted by atomic mass is 10.4. The van der Waals surface area contributed by atoms with E-state index in [-0.39, 0.29) is 4.90 Å². The monoisotopic (exact) mass is 220 g/mol. The third-order valence-corrected chi connectivity index (χ3v) is 2.88. The third-order valence-electron chi connectivity index (χ3n) is 1.50. The van der Waals surface area contributed by atoms with Crippen LogP contribution in [-0.2, 0) is 10.8 Å². The van der Waals surface area contributed by atoms with Crippen LogP contribution in [0.15, 0.2) is 46.7 Å². The maximum atomic E-state index is 12.1. The molecule has 0 amide bonds. The lowest BCUT2D eigenvalue weighted by Gasteiger charge is -2.08. The minimum absolute atomic E-state index is 0.106. The van der Waals surface area contributed by atoms with Gasteiger partial charge >= 0.3 is 6.18 Å².